The summed E-state index contributed by atoms with van der Waals surface area (Å²) in [5.74, 6) is 0.214. The summed E-state index contributed by atoms with van der Waals surface area (Å²) in [4.78, 5) is 0. The summed E-state index contributed by atoms with van der Waals surface area (Å²) >= 11 is 6.52. The zero-order valence-corrected chi connectivity index (χ0v) is 10.9. The lowest BCUT2D eigenvalue weighted by Crippen LogP contribution is -2.22. The molecule has 0 unspecified atom stereocenters. The largest absolute Gasteiger partial charge is 0.506 e. The Balaban J connectivity index is 2.69. The monoisotopic (exact) mass is 322 g/mol. The minimum Gasteiger partial charge on any atom is -0.506 e. The average molecular weight is 324 g/mol. The Kier molecular flexibility index (Phi) is 4.71. The lowest BCUT2D eigenvalue weighted by molar-refractivity contribution is 0.468. The highest BCUT2D eigenvalue weighted by Crippen LogP contribution is 2.34. The fourth-order valence-electron chi connectivity index (χ4n) is 0.927. The second-order valence-electron chi connectivity index (χ2n) is 2.84. The molecule has 3 nitrogen and oxygen atoms in total. The van der Waals surface area contributed by atoms with Crippen LogP contribution in [0.15, 0.2) is 21.1 Å². The Bertz CT molecular complexity index is 295. The van der Waals surface area contributed by atoms with Crippen molar-refractivity contribution >= 4 is 37.5 Å². The number of phenols is 1. The minimum absolute atomic E-state index is 0.214. The van der Waals surface area contributed by atoms with Crippen LogP contribution < -0.4 is 10.9 Å². The van der Waals surface area contributed by atoms with E-state index in [1.165, 1.54) is 0 Å². The molecule has 0 aromatic heterocycles. The molecule has 14 heavy (non-hydrogen) atoms. The molecule has 0 amide bonds. The third kappa shape index (κ3) is 3.15. The lowest BCUT2D eigenvalue weighted by Gasteiger charge is -2.09. The first-order chi connectivity index (χ1) is 6.65. The van der Waals surface area contributed by atoms with E-state index in [2.05, 4.69) is 49.6 Å². The highest BCUT2D eigenvalue weighted by Gasteiger charge is 2.04. The van der Waals surface area contributed by atoms with Crippen molar-refractivity contribution in [2.45, 2.75) is 13.3 Å². The Morgan fingerprint density at radius 3 is 2.36 bits per heavy atom. The molecule has 0 radical (unpaired) electrons. The summed E-state index contributed by atoms with van der Waals surface area (Å²) in [7, 11) is 0. The molecular weight excluding hydrogens is 312 g/mol. The third-order valence-corrected chi connectivity index (χ3v) is 2.83. The molecule has 0 heterocycles. The number of hydrazine groups is 1. The van der Waals surface area contributed by atoms with Gasteiger partial charge in [-0.05, 0) is 50.4 Å². The molecule has 1 aromatic rings. The van der Waals surface area contributed by atoms with Crippen molar-refractivity contribution in [2.24, 2.45) is 0 Å². The van der Waals surface area contributed by atoms with Crippen LogP contribution in [-0.4, -0.2) is 11.7 Å². The molecule has 0 aliphatic heterocycles. The van der Waals surface area contributed by atoms with Crippen molar-refractivity contribution in [2.75, 3.05) is 12.0 Å². The standard InChI is InChI=1S/C9H12Br2N2O/c1-2-3-12-13-6-4-7(10)9(14)8(11)5-6/h4-5,12-14H,2-3H2,1H3. The molecule has 0 saturated carbocycles. The summed E-state index contributed by atoms with van der Waals surface area (Å²) in [5, 5.41) is 9.46. The fourth-order valence-corrected chi connectivity index (χ4v) is 2.11. The predicted molar refractivity (Wildman–Crippen MR) is 65.4 cm³/mol. The number of hydrogen-bond donors (Lipinski definition) is 3. The molecule has 78 valence electrons. The average Bonchev–Trinajstić information content (AvgIpc) is 2.14. The summed E-state index contributed by atoms with van der Waals surface area (Å²) < 4.78 is 1.32. The molecule has 1 rings (SSSR count). The lowest BCUT2D eigenvalue weighted by atomic mass is 10.3. The van der Waals surface area contributed by atoms with Crippen molar-refractivity contribution < 1.29 is 5.11 Å². The predicted octanol–water partition coefficient (Wildman–Crippen LogP) is 3.24. The SMILES string of the molecule is CCCNNc1cc(Br)c(O)c(Br)c1. The molecule has 3 N–H and O–H groups in total. The van der Waals surface area contributed by atoms with Gasteiger partial charge in [-0.2, -0.15) is 0 Å². The maximum atomic E-state index is 9.46. The number of hydrogen-bond acceptors (Lipinski definition) is 3. The van der Waals surface area contributed by atoms with Gasteiger partial charge in [0, 0.05) is 6.54 Å². The second-order valence-corrected chi connectivity index (χ2v) is 4.55. The van der Waals surface area contributed by atoms with Crippen molar-refractivity contribution in [3.8, 4) is 5.75 Å². The highest BCUT2D eigenvalue weighted by molar-refractivity contribution is 9.11. The van der Waals surface area contributed by atoms with Gasteiger partial charge in [0.15, 0.2) is 0 Å². The van der Waals surface area contributed by atoms with Crippen molar-refractivity contribution in [3.05, 3.63) is 21.1 Å². The van der Waals surface area contributed by atoms with E-state index in [9.17, 15) is 5.11 Å². The zero-order chi connectivity index (χ0) is 10.6. The van der Waals surface area contributed by atoms with Crippen LogP contribution in [0.5, 0.6) is 5.75 Å². The zero-order valence-electron chi connectivity index (χ0n) is 7.77. The Hall–Kier alpha value is -0.260. The van der Waals surface area contributed by atoms with Crippen LogP contribution in [0.3, 0.4) is 0 Å². The van der Waals surface area contributed by atoms with Crippen LogP contribution in [-0.2, 0) is 0 Å². The minimum atomic E-state index is 0.214. The van der Waals surface area contributed by atoms with E-state index in [1.807, 2.05) is 12.1 Å². The second kappa shape index (κ2) is 5.58. The smallest absolute Gasteiger partial charge is 0.144 e. The number of phenolic OH excluding ortho intramolecular Hbond substituents is 1. The van der Waals surface area contributed by atoms with Crippen molar-refractivity contribution in [3.63, 3.8) is 0 Å². The number of nitrogens with one attached hydrogen (secondary N) is 2. The van der Waals surface area contributed by atoms with Crippen LogP contribution in [0, 0.1) is 0 Å². The Labute approximate surface area is 100 Å². The van der Waals surface area contributed by atoms with E-state index in [0.717, 1.165) is 18.7 Å². The summed E-state index contributed by atoms with van der Waals surface area (Å²) in [5.41, 5.74) is 6.98. The third-order valence-electron chi connectivity index (χ3n) is 1.62. The van der Waals surface area contributed by atoms with Gasteiger partial charge in [0.05, 0.1) is 14.6 Å². The molecular formula is C9H12Br2N2O. The van der Waals surface area contributed by atoms with Crippen LogP contribution >= 0.6 is 31.9 Å². The van der Waals surface area contributed by atoms with E-state index in [0.29, 0.717) is 8.95 Å². The van der Waals surface area contributed by atoms with Gasteiger partial charge in [-0.15, -0.1) is 0 Å². The van der Waals surface area contributed by atoms with Gasteiger partial charge in [-0.1, -0.05) is 6.92 Å². The van der Waals surface area contributed by atoms with Crippen LogP contribution in [0.25, 0.3) is 0 Å². The van der Waals surface area contributed by atoms with Gasteiger partial charge in [-0.25, -0.2) is 5.43 Å². The Morgan fingerprint density at radius 1 is 1.29 bits per heavy atom. The van der Waals surface area contributed by atoms with E-state index in [1.54, 1.807) is 0 Å². The van der Waals surface area contributed by atoms with Gasteiger partial charge < -0.3 is 10.5 Å². The molecule has 0 atom stereocenters. The van der Waals surface area contributed by atoms with Crippen LogP contribution in [0.4, 0.5) is 5.69 Å². The van der Waals surface area contributed by atoms with E-state index in [-0.39, 0.29) is 5.75 Å². The van der Waals surface area contributed by atoms with Gasteiger partial charge >= 0.3 is 0 Å². The number of rotatable bonds is 4. The highest BCUT2D eigenvalue weighted by atomic mass is 79.9. The summed E-state index contributed by atoms with van der Waals surface area (Å²) in [6.07, 6.45) is 1.06. The van der Waals surface area contributed by atoms with Gasteiger partial charge in [-0.3, -0.25) is 0 Å². The Morgan fingerprint density at radius 2 is 1.86 bits per heavy atom. The molecule has 0 fully saturated rings. The van der Waals surface area contributed by atoms with Gasteiger partial charge in [0.1, 0.15) is 5.75 Å². The fraction of sp³-hybridized carbons (Fsp3) is 0.333. The van der Waals surface area contributed by atoms with Crippen molar-refractivity contribution in [1.29, 1.82) is 0 Å². The first-order valence-corrected chi connectivity index (χ1v) is 5.90. The van der Waals surface area contributed by atoms with Crippen molar-refractivity contribution in [1.82, 2.24) is 5.43 Å². The van der Waals surface area contributed by atoms with Gasteiger partial charge in [0.25, 0.3) is 0 Å². The quantitative estimate of drug-likeness (QED) is 0.453. The number of halogens is 2. The molecule has 0 bridgehead atoms. The normalized spacial score (nSPS) is 10.2. The van der Waals surface area contributed by atoms with E-state index in [4.69, 9.17) is 0 Å². The van der Waals surface area contributed by atoms with Crippen LogP contribution in [0.1, 0.15) is 13.3 Å². The van der Waals surface area contributed by atoms with Gasteiger partial charge in [0.2, 0.25) is 0 Å². The van der Waals surface area contributed by atoms with E-state index < -0.39 is 0 Å². The number of anilines is 1. The molecule has 0 spiro atoms. The number of aromatic hydroxyl groups is 1. The molecule has 1 aromatic carbocycles. The summed E-state index contributed by atoms with van der Waals surface area (Å²) in [6.45, 7) is 2.99. The molecule has 5 heteroatoms. The number of benzene rings is 1. The first-order valence-electron chi connectivity index (χ1n) is 4.32. The molecule has 0 saturated heterocycles. The van der Waals surface area contributed by atoms with Crippen LogP contribution in [0.2, 0.25) is 0 Å². The van der Waals surface area contributed by atoms with E-state index >= 15 is 0 Å². The maximum Gasteiger partial charge on any atom is 0.144 e. The maximum absolute atomic E-state index is 9.46. The topological polar surface area (TPSA) is 44.3 Å². The molecule has 0 aliphatic carbocycles. The summed E-state index contributed by atoms with van der Waals surface area (Å²) in [6, 6.07) is 3.62. The molecule has 0 aliphatic rings. The first kappa shape index (κ1) is 11.8.